The summed E-state index contributed by atoms with van der Waals surface area (Å²) >= 11 is 0. The number of aromatic nitrogens is 1. The highest BCUT2D eigenvalue weighted by atomic mass is 16.5. The molecule has 0 amide bonds. The molecule has 7 nitrogen and oxygen atoms in total. The Morgan fingerprint density at radius 3 is 2.66 bits per heavy atom. The van der Waals surface area contributed by atoms with Crippen LogP contribution < -0.4 is 24.8 Å². The van der Waals surface area contributed by atoms with E-state index in [1.807, 2.05) is 43.5 Å². The fourth-order valence-corrected chi connectivity index (χ4v) is 3.28. The molecular formula is C22H30N4O3. The van der Waals surface area contributed by atoms with Crippen molar-refractivity contribution in [3.63, 3.8) is 0 Å². The highest BCUT2D eigenvalue weighted by molar-refractivity contribution is 5.93. The van der Waals surface area contributed by atoms with E-state index >= 15 is 0 Å². The van der Waals surface area contributed by atoms with Gasteiger partial charge in [0.2, 0.25) is 5.88 Å². The van der Waals surface area contributed by atoms with Crippen molar-refractivity contribution in [1.29, 1.82) is 0 Å². The minimum absolute atomic E-state index is 0.320. The van der Waals surface area contributed by atoms with Crippen molar-refractivity contribution >= 4 is 11.6 Å². The first kappa shape index (κ1) is 20.8. The molecule has 1 saturated carbocycles. The molecule has 3 rings (SSSR count). The fraction of sp³-hybridized carbons (Fsp3) is 0.455. The second-order valence-corrected chi connectivity index (χ2v) is 6.88. The van der Waals surface area contributed by atoms with Crippen LogP contribution in [0.15, 0.2) is 41.5 Å². The number of hydrogen-bond donors (Lipinski definition) is 2. The minimum atomic E-state index is 0.320. The monoisotopic (exact) mass is 398 g/mol. The third-order valence-electron chi connectivity index (χ3n) is 4.80. The SMILES string of the molecule is CCOc1ccc(NC(=NC)NCc2ccc(OC3CCCC3)nc2)cc1OC. The van der Waals surface area contributed by atoms with Crippen LogP contribution >= 0.6 is 0 Å². The number of aliphatic imine (C=N–C) groups is 1. The van der Waals surface area contributed by atoms with Gasteiger partial charge >= 0.3 is 0 Å². The Morgan fingerprint density at radius 1 is 1.17 bits per heavy atom. The average Bonchev–Trinajstić information content (AvgIpc) is 3.26. The molecule has 1 aromatic heterocycles. The summed E-state index contributed by atoms with van der Waals surface area (Å²) in [5, 5.41) is 6.55. The molecule has 0 spiro atoms. The second-order valence-electron chi connectivity index (χ2n) is 6.88. The van der Waals surface area contributed by atoms with E-state index in [9.17, 15) is 0 Å². The normalized spacial score (nSPS) is 14.5. The van der Waals surface area contributed by atoms with Gasteiger partial charge in [0.15, 0.2) is 17.5 Å². The number of hydrogen-bond acceptors (Lipinski definition) is 5. The van der Waals surface area contributed by atoms with Gasteiger partial charge in [-0.05, 0) is 50.3 Å². The molecule has 0 radical (unpaired) electrons. The van der Waals surface area contributed by atoms with E-state index in [2.05, 4.69) is 20.6 Å². The van der Waals surface area contributed by atoms with Gasteiger partial charge in [0, 0.05) is 37.6 Å². The number of anilines is 1. The Morgan fingerprint density at radius 2 is 2.00 bits per heavy atom. The molecule has 0 atom stereocenters. The topological polar surface area (TPSA) is 77.0 Å². The van der Waals surface area contributed by atoms with E-state index < -0.39 is 0 Å². The second kappa shape index (κ2) is 10.5. The first-order chi connectivity index (χ1) is 14.2. The zero-order chi connectivity index (χ0) is 20.5. The van der Waals surface area contributed by atoms with Crippen LogP contribution in [0.2, 0.25) is 0 Å². The first-order valence-electron chi connectivity index (χ1n) is 10.1. The Balaban J connectivity index is 1.53. The molecule has 29 heavy (non-hydrogen) atoms. The summed E-state index contributed by atoms with van der Waals surface area (Å²) in [5.74, 6) is 2.75. The van der Waals surface area contributed by atoms with Crippen molar-refractivity contribution in [3.8, 4) is 17.4 Å². The number of ether oxygens (including phenoxy) is 3. The van der Waals surface area contributed by atoms with Crippen molar-refractivity contribution in [1.82, 2.24) is 10.3 Å². The highest BCUT2D eigenvalue weighted by Crippen LogP contribution is 2.30. The summed E-state index contributed by atoms with van der Waals surface area (Å²) in [4.78, 5) is 8.70. The molecule has 1 aliphatic rings. The maximum Gasteiger partial charge on any atom is 0.213 e. The lowest BCUT2D eigenvalue weighted by Crippen LogP contribution is -2.30. The number of rotatable bonds is 8. The Hall–Kier alpha value is -2.96. The van der Waals surface area contributed by atoms with E-state index in [0.29, 0.717) is 36.8 Å². The zero-order valence-electron chi connectivity index (χ0n) is 17.4. The maximum absolute atomic E-state index is 5.92. The van der Waals surface area contributed by atoms with Crippen LogP contribution in [0.4, 0.5) is 5.69 Å². The highest BCUT2D eigenvalue weighted by Gasteiger charge is 2.16. The lowest BCUT2D eigenvalue weighted by Gasteiger charge is -2.15. The molecule has 1 heterocycles. The van der Waals surface area contributed by atoms with Gasteiger partial charge < -0.3 is 24.8 Å². The number of benzene rings is 1. The number of methoxy groups -OCH3 is 1. The molecule has 7 heteroatoms. The molecule has 2 aromatic rings. The predicted molar refractivity (Wildman–Crippen MR) is 115 cm³/mol. The smallest absolute Gasteiger partial charge is 0.213 e. The van der Waals surface area contributed by atoms with Crippen LogP contribution in [0.3, 0.4) is 0 Å². The molecule has 1 aromatic carbocycles. The van der Waals surface area contributed by atoms with Gasteiger partial charge in [-0.25, -0.2) is 4.98 Å². The third kappa shape index (κ3) is 6.01. The van der Waals surface area contributed by atoms with Crippen LogP contribution in [0, 0.1) is 0 Å². The Kier molecular flexibility index (Phi) is 7.55. The zero-order valence-corrected chi connectivity index (χ0v) is 17.4. The number of nitrogens with one attached hydrogen (secondary N) is 2. The summed E-state index contributed by atoms with van der Waals surface area (Å²) in [6.07, 6.45) is 6.91. The van der Waals surface area contributed by atoms with Crippen molar-refractivity contribution < 1.29 is 14.2 Å². The van der Waals surface area contributed by atoms with Crippen LogP contribution in [-0.4, -0.2) is 37.8 Å². The molecule has 156 valence electrons. The van der Waals surface area contributed by atoms with Crippen molar-refractivity contribution in [3.05, 3.63) is 42.1 Å². The number of pyridine rings is 1. The standard InChI is InChI=1S/C22H30N4O3/c1-4-28-19-11-10-17(13-20(19)27-3)26-22(23-2)25-15-16-9-12-21(24-14-16)29-18-7-5-6-8-18/h9-14,18H,4-8,15H2,1-3H3,(H2,23,25,26). The summed E-state index contributed by atoms with van der Waals surface area (Å²) in [7, 11) is 3.36. The van der Waals surface area contributed by atoms with Gasteiger partial charge in [0.25, 0.3) is 0 Å². The fourth-order valence-electron chi connectivity index (χ4n) is 3.28. The summed E-state index contributed by atoms with van der Waals surface area (Å²) in [5.41, 5.74) is 1.91. The van der Waals surface area contributed by atoms with Gasteiger partial charge in [-0.1, -0.05) is 6.07 Å². The Bertz CT molecular complexity index is 802. The van der Waals surface area contributed by atoms with Crippen LogP contribution in [0.1, 0.15) is 38.2 Å². The lowest BCUT2D eigenvalue weighted by molar-refractivity contribution is 0.201. The minimum Gasteiger partial charge on any atom is -0.493 e. The van der Waals surface area contributed by atoms with Crippen LogP contribution in [-0.2, 0) is 6.54 Å². The van der Waals surface area contributed by atoms with Crippen molar-refractivity contribution in [2.45, 2.75) is 45.3 Å². The van der Waals surface area contributed by atoms with Gasteiger partial charge in [-0.15, -0.1) is 0 Å². The Labute approximate surface area is 172 Å². The summed E-state index contributed by atoms with van der Waals surface area (Å²) in [6.45, 7) is 3.13. The van der Waals surface area contributed by atoms with E-state index in [1.54, 1.807) is 14.2 Å². The molecule has 0 unspecified atom stereocenters. The van der Waals surface area contributed by atoms with Crippen molar-refractivity contribution in [2.24, 2.45) is 4.99 Å². The molecule has 0 bridgehead atoms. The summed E-state index contributed by atoms with van der Waals surface area (Å²) < 4.78 is 16.9. The molecule has 2 N–H and O–H groups in total. The van der Waals surface area contributed by atoms with E-state index in [0.717, 1.165) is 29.8 Å². The van der Waals surface area contributed by atoms with Gasteiger partial charge in [0.1, 0.15) is 6.10 Å². The third-order valence-corrected chi connectivity index (χ3v) is 4.80. The van der Waals surface area contributed by atoms with Gasteiger partial charge in [-0.3, -0.25) is 4.99 Å². The van der Waals surface area contributed by atoms with Crippen LogP contribution in [0.5, 0.6) is 17.4 Å². The van der Waals surface area contributed by atoms with Crippen LogP contribution in [0.25, 0.3) is 0 Å². The molecule has 1 fully saturated rings. The lowest BCUT2D eigenvalue weighted by atomic mass is 10.2. The predicted octanol–water partition coefficient (Wildman–Crippen LogP) is 4.00. The molecule has 0 saturated heterocycles. The average molecular weight is 399 g/mol. The van der Waals surface area contributed by atoms with E-state index in [1.165, 1.54) is 12.8 Å². The molecule has 0 aliphatic heterocycles. The van der Waals surface area contributed by atoms with Gasteiger partial charge in [0.05, 0.1) is 13.7 Å². The van der Waals surface area contributed by atoms with Gasteiger partial charge in [-0.2, -0.15) is 0 Å². The molecular weight excluding hydrogens is 368 g/mol. The number of guanidine groups is 1. The quantitative estimate of drug-likeness (QED) is 0.517. The maximum atomic E-state index is 5.92. The largest absolute Gasteiger partial charge is 0.493 e. The number of nitrogens with zero attached hydrogens (tertiary/aromatic N) is 2. The van der Waals surface area contributed by atoms with Crippen molar-refractivity contribution in [2.75, 3.05) is 26.1 Å². The summed E-state index contributed by atoms with van der Waals surface area (Å²) in [6, 6.07) is 9.65. The van der Waals surface area contributed by atoms with E-state index in [4.69, 9.17) is 14.2 Å². The first-order valence-corrected chi connectivity index (χ1v) is 10.1. The molecule has 1 aliphatic carbocycles. The van der Waals surface area contributed by atoms with E-state index in [-0.39, 0.29) is 0 Å².